The Bertz CT molecular complexity index is 549. The lowest BCUT2D eigenvalue weighted by atomic mass is 9.95. The highest BCUT2D eigenvalue weighted by atomic mass is 16.3. The first kappa shape index (κ1) is 11.5. The molecule has 1 unspecified atom stereocenters. The molecule has 0 aliphatic carbocycles. The molecule has 1 saturated heterocycles. The number of piperidine rings is 1. The number of aromatic nitrogens is 2. The molecule has 2 aromatic rings. The summed E-state index contributed by atoms with van der Waals surface area (Å²) in [5.41, 5.74) is 1.77. The summed E-state index contributed by atoms with van der Waals surface area (Å²) in [5.74, 6) is 0.755. The van der Waals surface area contributed by atoms with Crippen LogP contribution >= 0.6 is 0 Å². The highest BCUT2D eigenvalue weighted by Gasteiger charge is 2.22. The molecule has 4 nitrogen and oxygen atoms in total. The fourth-order valence-corrected chi connectivity index (χ4v) is 2.80. The first-order valence-electron chi connectivity index (χ1n) is 6.67. The van der Waals surface area contributed by atoms with Gasteiger partial charge in [-0.2, -0.15) is 0 Å². The van der Waals surface area contributed by atoms with Crippen LogP contribution in [0.25, 0.3) is 5.65 Å². The van der Waals surface area contributed by atoms with Crippen LogP contribution in [-0.4, -0.2) is 39.0 Å². The van der Waals surface area contributed by atoms with Gasteiger partial charge >= 0.3 is 0 Å². The van der Waals surface area contributed by atoms with E-state index in [2.05, 4.69) is 23.0 Å². The lowest BCUT2D eigenvalue weighted by Gasteiger charge is -2.30. The quantitative estimate of drug-likeness (QED) is 0.882. The van der Waals surface area contributed by atoms with Gasteiger partial charge in [-0.15, -0.1) is 0 Å². The van der Waals surface area contributed by atoms with Crippen molar-refractivity contribution in [3.63, 3.8) is 0 Å². The zero-order chi connectivity index (χ0) is 12.5. The Morgan fingerprint density at radius 1 is 1.50 bits per heavy atom. The molecule has 1 aliphatic heterocycles. The number of fused-ring (bicyclic) bond motifs is 1. The molecule has 1 atom stereocenters. The minimum atomic E-state index is 0.256. The molecule has 2 aromatic heterocycles. The van der Waals surface area contributed by atoms with Gasteiger partial charge in [0, 0.05) is 24.9 Å². The number of likely N-dealkylation sites (tertiary alicyclic amines) is 1. The molecule has 4 heteroatoms. The van der Waals surface area contributed by atoms with Crippen molar-refractivity contribution in [1.82, 2.24) is 14.3 Å². The zero-order valence-corrected chi connectivity index (χ0v) is 10.7. The van der Waals surface area contributed by atoms with Gasteiger partial charge in [0.05, 0.1) is 5.69 Å². The summed E-state index contributed by atoms with van der Waals surface area (Å²) in [6.45, 7) is 5.60. The minimum Gasteiger partial charge on any atom is -0.504 e. The number of aromatic hydroxyl groups is 1. The van der Waals surface area contributed by atoms with Crippen molar-refractivity contribution in [2.75, 3.05) is 19.6 Å². The van der Waals surface area contributed by atoms with E-state index in [9.17, 15) is 5.11 Å². The van der Waals surface area contributed by atoms with Crippen LogP contribution in [0, 0.1) is 0 Å². The first-order chi connectivity index (χ1) is 8.78. The van der Waals surface area contributed by atoms with E-state index in [1.165, 1.54) is 19.4 Å². The second-order valence-corrected chi connectivity index (χ2v) is 5.02. The first-order valence-corrected chi connectivity index (χ1v) is 6.67. The molecule has 0 amide bonds. The average Bonchev–Trinajstić information content (AvgIpc) is 2.84. The van der Waals surface area contributed by atoms with Crippen LogP contribution in [0.4, 0.5) is 0 Å². The van der Waals surface area contributed by atoms with Crippen molar-refractivity contribution in [3.8, 4) is 5.75 Å². The molecule has 0 bridgehead atoms. The van der Waals surface area contributed by atoms with Gasteiger partial charge in [0.25, 0.3) is 0 Å². The van der Waals surface area contributed by atoms with Crippen molar-refractivity contribution >= 4 is 5.65 Å². The standard InChI is InChI=1S/C14H19N3O/c1-2-16-7-3-5-11(9-16)12-10-17-8-4-6-13(18)14(17)15-12/h4,6,8,10-11,18H,2-3,5,7,9H2,1H3. The Morgan fingerprint density at radius 2 is 2.39 bits per heavy atom. The van der Waals surface area contributed by atoms with Gasteiger partial charge < -0.3 is 14.4 Å². The molecule has 3 rings (SSSR count). The number of nitrogens with zero attached hydrogens (tertiary/aromatic N) is 3. The SMILES string of the molecule is CCN1CCCC(c2cn3cccc(O)c3n2)C1. The summed E-state index contributed by atoms with van der Waals surface area (Å²) in [7, 11) is 0. The highest BCUT2D eigenvalue weighted by Crippen LogP contribution is 2.28. The van der Waals surface area contributed by atoms with Crippen LogP contribution in [0.5, 0.6) is 5.75 Å². The lowest BCUT2D eigenvalue weighted by Crippen LogP contribution is -2.34. The van der Waals surface area contributed by atoms with Gasteiger partial charge in [-0.25, -0.2) is 4.98 Å². The molecule has 0 radical (unpaired) electrons. The predicted molar refractivity (Wildman–Crippen MR) is 70.9 cm³/mol. The largest absolute Gasteiger partial charge is 0.504 e. The van der Waals surface area contributed by atoms with Gasteiger partial charge in [0.2, 0.25) is 0 Å². The summed E-state index contributed by atoms with van der Waals surface area (Å²) in [5, 5.41) is 9.79. The molecule has 96 valence electrons. The average molecular weight is 245 g/mol. The maximum absolute atomic E-state index is 9.79. The molecule has 0 spiro atoms. The molecule has 0 saturated carbocycles. The van der Waals surface area contributed by atoms with E-state index in [0.29, 0.717) is 11.6 Å². The van der Waals surface area contributed by atoms with Gasteiger partial charge in [0.1, 0.15) is 0 Å². The van der Waals surface area contributed by atoms with E-state index in [1.54, 1.807) is 6.07 Å². The summed E-state index contributed by atoms with van der Waals surface area (Å²) < 4.78 is 1.91. The third kappa shape index (κ3) is 1.97. The topological polar surface area (TPSA) is 40.8 Å². The van der Waals surface area contributed by atoms with Crippen molar-refractivity contribution in [1.29, 1.82) is 0 Å². The Hall–Kier alpha value is -1.55. The monoisotopic (exact) mass is 245 g/mol. The van der Waals surface area contributed by atoms with Crippen molar-refractivity contribution < 1.29 is 5.11 Å². The Balaban J connectivity index is 1.92. The van der Waals surface area contributed by atoms with Crippen molar-refractivity contribution in [2.24, 2.45) is 0 Å². The van der Waals surface area contributed by atoms with E-state index < -0.39 is 0 Å². The number of rotatable bonds is 2. The maximum atomic E-state index is 9.79. The number of likely N-dealkylation sites (N-methyl/N-ethyl adjacent to an activating group) is 1. The van der Waals surface area contributed by atoms with Crippen LogP contribution in [0.15, 0.2) is 24.5 Å². The fraction of sp³-hybridized carbons (Fsp3) is 0.500. The van der Waals surface area contributed by atoms with Gasteiger partial charge in [-0.1, -0.05) is 6.92 Å². The van der Waals surface area contributed by atoms with Crippen LogP contribution in [0.2, 0.25) is 0 Å². The van der Waals surface area contributed by atoms with E-state index >= 15 is 0 Å². The number of pyridine rings is 1. The minimum absolute atomic E-state index is 0.256. The Labute approximate surface area is 107 Å². The summed E-state index contributed by atoms with van der Waals surface area (Å²) in [6, 6.07) is 3.53. The number of imidazole rings is 1. The fourth-order valence-electron chi connectivity index (χ4n) is 2.80. The molecule has 1 fully saturated rings. The van der Waals surface area contributed by atoms with Gasteiger partial charge in [-0.3, -0.25) is 0 Å². The molecular formula is C14H19N3O. The lowest BCUT2D eigenvalue weighted by molar-refractivity contribution is 0.216. The van der Waals surface area contributed by atoms with E-state index in [0.717, 1.165) is 18.8 Å². The number of hydrogen-bond donors (Lipinski definition) is 1. The zero-order valence-electron chi connectivity index (χ0n) is 10.7. The van der Waals surface area contributed by atoms with Crippen molar-refractivity contribution in [3.05, 3.63) is 30.2 Å². The predicted octanol–water partition coefficient (Wildman–Crippen LogP) is 2.24. The van der Waals surface area contributed by atoms with E-state index in [4.69, 9.17) is 0 Å². The van der Waals surface area contributed by atoms with E-state index in [-0.39, 0.29) is 5.75 Å². The molecule has 3 heterocycles. The molecule has 1 aliphatic rings. The van der Waals surface area contributed by atoms with Crippen LogP contribution in [0.3, 0.4) is 0 Å². The molecular weight excluding hydrogens is 226 g/mol. The van der Waals surface area contributed by atoms with Gasteiger partial charge in [0.15, 0.2) is 11.4 Å². The normalized spacial score (nSPS) is 21.5. The highest BCUT2D eigenvalue weighted by molar-refractivity contribution is 5.53. The Kier molecular flexibility index (Phi) is 2.96. The second-order valence-electron chi connectivity index (χ2n) is 5.02. The van der Waals surface area contributed by atoms with Crippen LogP contribution in [0.1, 0.15) is 31.4 Å². The summed E-state index contributed by atoms with van der Waals surface area (Å²) >= 11 is 0. The van der Waals surface area contributed by atoms with Crippen LogP contribution in [-0.2, 0) is 0 Å². The molecule has 18 heavy (non-hydrogen) atoms. The summed E-state index contributed by atoms with van der Waals surface area (Å²) in [4.78, 5) is 7.06. The van der Waals surface area contributed by atoms with E-state index in [1.807, 2.05) is 16.7 Å². The van der Waals surface area contributed by atoms with Crippen molar-refractivity contribution in [2.45, 2.75) is 25.7 Å². The second kappa shape index (κ2) is 4.61. The maximum Gasteiger partial charge on any atom is 0.179 e. The smallest absolute Gasteiger partial charge is 0.179 e. The van der Waals surface area contributed by atoms with Gasteiger partial charge in [-0.05, 0) is 38.1 Å². The third-order valence-electron chi connectivity index (χ3n) is 3.85. The molecule has 1 N–H and O–H groups in total. The van der Waals surface area contributed by atoms with Crippen LogP contribution < -0.4 is 0 Å². The third-order valence-corrected chi connectivity index (χ3v) is 3.85. The Morgan fingerprint density at radius 3 is 3.17 bits per heavy atom. The molecule has 0 aromatic carbocycles. The number of hydrogen-bond acceptors (Lipinski definition) is 3. The summed E-state index contributed by atoms with van der Waals surface area (Å²) in [6.07, 6.45) is 6.42.